The van der Waals surface area contributed by atoms with Gasteiger partial charge in [0.25, 0.3) is 0 Å². The van der Waals surface area contributed by atoms with E-state index in [0.29, 0.717) is 0 Å². The van der Waals surface area contributed by atoms with Crippen molar-refractivity contribution in [1.82, 2.24) is 10.6 Å². The van der Waals surface area contributed by atoms with E-state index >= 15 is 0 Å². The number of aliphatic imine (C=N–C) groups is 1. The number of rotatable bonds is 9. The molecule has 0 saturated heterocycles. The van der Waals surface area contributed by atoms with Gasteiger partial charge in [-0.3, -0.25) is 4.99 Å². The Bertz CT molecular complexity index is 433. The van der Waals surface area contributed by atoms with Gasteiger partial charge in [0.2, 0.25) is 0 Å². The molecule has 1 rings (SSSR count). The maximum Gasteiger partial charge on any atom is 0.191 e. The summed E-state index contributed by atoms with van der Waals surface area (Å²) in [5.74, 6) is 0.854. The van der Waals surface area contributed by atoms with Gasteiger partial charge in [-0.05, 0) is 50.0 Å². The van der Waals surface area contributed by atoms with E-state index in [-0.39, 0.29) is 42.0 Å². The van der Waals surface area contributed by atoms with E-state index in [2.05, 4.69) is 55.8 Å². The minimum Gasteiger partial charge on any atom is -0.396 e. The van der Waals surface area contributed by atoms with Gasteiger partial charge in [-0.2, -0.15) is 0 Å². The molecule has 0 spiro atoms. The summed E-state index contributed by atoms with van der Waals surface area (Å²) in [6.45, 7) is 10.4. The van der Waals surface area contributed by atoms with Gasteiger partial charge in [0.1, 0.15) is 0 Å². The molecule has 1 atom stereocenters. The average molecular weight is 453 g/mol. The third-order valence-corrected chi connectivity index (χ3v) is 5.44. The lowest BCUT2D eigenvalue weighted by atomic mass is 9.79. The van der Waals surface area contributed by atoms with Crippen molar-refractivity contribution in [2.45, 2.75) is 53.0 Å². The van der Waals surface area contributed by atoms with Crippen LogP contribution in [0.1, 0.15) is 57.9 Å². The molecular formula is C17H32IN3OS. The number of guanidine groups is 1. The number of hydrogen-bond donors (Lipinski definition) is 3. The molecule has 0 amide bonds. The number of aliphatic hydroxyl groups is 1. The molecule has 0 aliphatic heterocycles. The third-order valence-electron chi connectivity index (χ3n) is 4.38. The SMILES string of the molecule is CCNC(=NCC(CC)(CC)CCO)NC(C)c1cccs1.I. The number of aliphatic hydroxyl groups excluding tert-OH is 1. The molecule has 134 valence electrons. The van der Waals surface area contributed by atoms with Crippen LogP contribution in [0.5, 0.6) is 0 Å². The molecule has 0 aromatic carbocycles. The number of halogens is 1. The molecule has 6 heteroatoms. The lowest BCUT2D eigenvalue weighted by Crippen LogP contribution is -2.39. The van der Waals surface area contributed by atoms with Crippen LogP contribution in [0.2, 0.25) is 0 Å². The summed E-state index contributed by atoms with van der Waals surface area (Å²) in [5.41, 5.74) is 0.100. The van der Waals surface area contributed by atoms with Gasteiger partial charge in [0.15, 0.2) is 5.96 Å². The van der Waals surface area contributed by atoms with E-state index in [9.17, 15) is 5.11 Å². The Balaban J connectivity index is 0.00000484. The van der Waals surface area contributed by atoms with Crippen LogP contribution in [0.15, 0.2) is 22.5 Å². The number of hydrogen-bond acceptors (Lipinski definition) is 3. The second-order valence-electron chi connectivity index (χ2n) is 5.76. The molecule has 0 aliphatic rings. The zero-order valence-electron chi connectivity index (χ0n) is 14.8. The van der Waals surface area contributed by atoms with Crippen molar-refractivity contribution < 1.29 is 5.11 Å². The lowest BCUT2D eigenvalue weighted by molar-refractivity contribution is 0.175. The molecule has 1 unspecified atom stereocenters. The molecular weight excluding hydrogens is 421 g/mol. The summed E-state index contributed by atoms with van der Waals surface area (Å²) in [6, 6.07) is 4.45. The standard InChI is InChI=1S/C17H31N3OS.HI/c1-5-17(6-2,10-11-21)13-19-16(18-7-3)20-14(4)15-9-8-12-22-15;/h8-9,12,14,21H,5-7,10-11,13H2,1-4H3,(H2,18,19,20);1H. The van der Waals surface area contributed by atoms with Crippen molar-refractivity contribution in [2.75, 3.05) is 19.7 Å². The Morgan fingerprint density at radius 2 is 2.04 bits per heavy atom. The first-order chi connectivity index (χ1) is 10.6. The van der Waals surface area contributed by atoms with Crippen LogP contribution in [0.25, 0.3) is 0 Å². The van der Waals surface area contributed by atoms with Crippen LogP contribution in [0.3, 0.4) is 0 Å². The van der Waals surface area contributed by atoms with Crippen LogP contribution in [-0.4, -0.2) is 30.8 Å². The summed E-state index contributed by atoms with van der Waals surface area (Å²) >= 11 is 1.75. The number of nitrogens with zero attached hydrogens (tertiary/aromatic N) is 1. The van der Waals surface area contributed by atoms with E-state index in [1.807, 2.05) is 0 Å². The van der Waals surface area contributed by atoms with Gasteiger partial charge in [-0.25, -0.2) is 0 Å². The average Bonchev–Trinajstić information content (AvgIpc) is 3.06. The Morgan fingerprint density at radius 3 is 2.52 bits per heavy atom. The second-order valence-corrected chi connectivity index (χ2v) is 6.74. The van der Waals surface area contributed by atoms with Crippen LogP contribution in [0, 0.1) is 5.41 Å². The van der Waals surface area contributed by atoms with Gasteiger partial charge in [0.05, 0.1) is 6.04 Å². The largest absolute Gasteiger partial charge is 0.396 e. The minimum atomic E-state index is 0. The summed E-state index contributed by atoms with van der Waals surface area (Å²) < 4.78 is 0. The highest BCUT2D eigenvalue weighted by atomic mass is 127. The molecule has 0 radical (unpaired) electrons. The molecule has 0 bridgehead atoms. The van der Waals surface area contributed by atoms with E-state index < -0.39 is 0 Å². The Hall–Kier alpha value is -0.340. The van der Waals surface area contributed by atoms with Crippen molar-refractivity contribution in [3.8, 4) is 0 Å². The predicted octanol–water partition coefficient (Wildman–Crippen LogP) is 4.17. The molecule has 1 heterocycles. The highest BCUT2D eigenvalue weighted by Crippen LogP contribution is 2.30. The maximum atomic E-state index is 9.32. The van der Waals surface area contributed by atoms with Gasteiger partial charge in [-0.15, -0.1) is 35.3 Å². The first-order valence-electron chi connectivity index (χ1n) is 8.30. The zero-order chi connectivity index (χ0) is 16.4. The van der Waals surface area contributed by atoms with Gasteiger partial charge in [-0.1, -0.05) is 19.9 Å². The zero-order valence-corrected chi connectivity index (χ0v) is 17.9. The van der Waals surface area contributed by atoms with Crippen molar-refractivity contribution in [2.24, 2.45) is 10.4 Å². The highest BCUT2D eigenvalue weighted by Gasteiger charge is 2.25. The summed E-state index contributed by atoms with van der Waals surface area (Å²) in [6.07, 6.45) is 2.88. The third kappa shape index (κ3) is 7.39. The van der Waals surface area contributed by atoms with Crippen molar-refractivity contribution in [1.29, 1.82) is 0 Å². The predicted molar refractivity (Wildman–Crippen MR) is 112 cm³/mol. The van der Waals surface area contributed by atoms with Crippen LogP contribution in [0.4, 0.5) is 0 Å². The first kappa shape index (κ1) is 22.7. The monoisotopic (exact) mass is 453 g/mol. The Kier molecular flexibility index (Phi) is 11.9. The normalized spacial score (nSPS) is 13.3. The minimum absolute atomic E-state index is 0. The molecule has 4 nitrogen and oxygen atoms in total. The smallest absolute Gasteiger partial charge is 0.191 e. The molecule has 0 fully saturated rings. The lowest BCUT2D eigenvalue weighted by Gasteiger charge is -2.29. The maximum absolute atomic E-state index is 9.32. The summed E-state index contributed by atoms with van der Waals surface area (Å²) in [4.78, 5) is 6.09. The fourth-order valence-corrected chi connectivity index (χ4v) is 3.26. The second kappa shape index (κ2) is 12.1. The molecule has 3 N–H and O–H groups in total. The summed E-state index contributed by atoms with van der Waals surface area (Å²) in [7, 11) is 0. The Morgan fingerprint density at radius 1 is 1.35 bits per heavy atom. The molecule has 23 heavy (non-hydrogen) atoms. The first-order valence-corrected chi connectivity index (χ1v) is 9.17. The van der Waals surface area contributed by atoms with Crippen molar-refractivity contribution in [3.05, 3.63) is 22.4 Å². The van der Waals surface area contributed by atoms with Gasteiger partial charge >= 0.3 is 0 Å². The fraction of sp³-hybridized carbons (Fsp3) is 0.706. The van der Waals surface area contributed by atoms with E-state index in [1.165, 1.54) is 4.88 Å². The van der Waals surface area contributed by atoms with Gasteiger partial charge < -0.3 is 15.7 Å². The van der Waals surface area contributed by atoms with Crippen LogP contribution < -0.4 is 10.6 Å². The Labute approximate surface area is 162 Å². The van der Waals surface area contributed by atoms with Crippen LogP contribution >= 0.6 is 35.3 Å². The van der Waals surface area contributed by atoms with Crippen molar-refractivity contribution in [3.63, 3.8) is 0 Å². The molecule has 0 saturated carbocycles. The highest BCUT2D eigenvalue weighted by molar-refractivity contribution is 14.0. The van der Waals surface area contributed by atoms with Crippen molar-refractivity contribution >= 4 is 41.3 Å². The van der Waals surface area contributed by atoms with E-state index in [0.717, 1.165) is 38.3 Å². The van der Waals surface area contributed by atoms with Crippen LogP contribution in [-0.2, 0) is 0 Å². The quantitative estimate of drug-likeness (QED) is 0.299. The molecule has 0 aliphatic carbocycles. The molecule has 1 aromatic rings. The number of thiophene rings is 1. The van der Waals surface area contributed by atoms with E-state index in [4.69, 9.17) is 4.99 Å². The molecule has 1 aromatic heterocycles. The van der Waals surface area contributed by atoms with E-state index in [1.54, 1.807) is 11.3 Å². The fourth-order valence-electron chi connectivity index (χ4n) is 2.52. The number of nitrogens with one attached hydrogen (secondary N) is 2. The topological polar surface area (TPSA) is 56.7 Å². The van der Waals surface area contributed by atoms with Gasteiger partial charge in [0, 0.05) is 24.6 Å². The summed E-state index contributed by atoms with van der Waals surface area (Å²) in [5, 5.41) is 18.2.